The number of anilines is 1. The fourth-order valence-electron chi connectivity index (χ4n) is 2.47. The van der Waals surface area contributed by atoms with Crippen molar-refractivity contribution in [3.8, 4) is 0 Å². The third-order valence-electron chi connectivity index (χ3n) is 3.68. The smallest absolute Gasteiger partial charge is 0.328 e. The Balaban J connectivity index is 2.19. The molecule has 0 saturated heterocycles. The van der Waals surface area contributed by atoms with Gasteiger partial charge in [-0.25, -0.2) is 4.79 Å². The van der Waals surface area contributed by atoms with Gasteiger partial charge in [0.2, 0.25) is 6.41 Å². The van der Waals surface area contributed by atoms with E-state index in [1.54, 1.807) is 13.8 Å². The Labute approximate surface area is 139 Å². The van der Waals surface area contributed by atoms with Crippen LogP contribution in [-0.2, 0) is 4.79 Å². The van der Waals surface area contributed by atoms with Crippen LogP contribution in [0.25, 0.3) is 0 Å². The highest BCUT2D eigenvalue weighted by atomic mass is 16.2. The van der Waals surface area contributed by atoms with Crippen LogP contribution in [-0.4, -0.2) is 53.2 Å². The molecule has 5 amide bonds. The van der Waals surface area contributed by atoms with Crippen LogP contribution in [0.5, 0.6) is 0 Å². The molecule has 0 aliphatic carbocycles. The standard InChI is InChI=1S/C16H20N4O4/c1-10(2)20-14(22)12-5-4-11(8-13(12)15(20)23)18-16(24)19(9-21)7-3-6-17/h4-5,8-10H,3,6-7,17H2,1-2H3,(H,18,24). The Hall–Kier alpha value is -2.74. The lowest BCUT2D eigenvalue weighted by Gasteiger charge is -2.17. The average molecular weight is 332 g/mol. The maximum atomic E-state index is 12.3. The zero-order valence-corrected chi connectivity index (χ0v) is 13.6. The summed E-state index contributed by atoms with van der Waals surface area (Å²) in [6.07, 6.45) is 0.917. The van der Waals surface area contributed by atoms with E-state index < -0.39 is 11.9 Å². The predicted octanol–water partition coefficient (Wildman–Crippen LogP) is 1.03. The minimum Gasteiger partial charge on any atom is -0.330 e. The van der Waals surface area contributed by atoms with Crippen LogP contribution in [0.15, 0.2) is 18.2 Å². The van der Waals surface area contributed by atoms with Crippen LogP contribution in [0.4, 0.5) is 10.5 Å². The number of hydrogen-bond donors (Lipinski definition) is 2. The molecule has 8 nitrogen and oxygen atoms in total. The number of benzene rings is 1. The van der Waals surface area contributed by atoms with Crippen molar-refractivity contribution >= 4 is 29.9 Å². The van der Waals surface area contributed by atoms with E-state index in [9.17, 15) is 19.2 Å². The molecule has 8 heteroatoms. The van der Waals surface area contributed by atoms with Crippen LogP contribution in [0, 0.1) is 0 Å². The van der Waals surface area contributed by atoms with E-state index in [1.807, 2.05) is 0 Å². The molecular weight excluding hydrogens is 312 g/mol. The number of carbonyl (C=O) groups is 4. The minimum atomic E-state index is -0.615. The molecule has 2 rings (SSSR count). The van der Waals surface area contributed by atoms with Gasteiger partial charge < -0.3 is 11.1 Å². The number of nitrogens with zero attached hydrogens (tertiary/aromatic N) is 2. The number of urea groups is 1. The summed E-state index contributed by atoms with van der Waals surface area (Å²) in [6.45, 7) is 4.07. The first-order chi connectivity index (χ1) is 11.4. The minimum absolute atomic E-state index is 0.204. The van der Waals surface area contributed by atoms with E-state index in [0.717, 1.165) is 4.90 Å². The Bertz CT molecular complexity index is 687. The summed E-state index contributed by atoms with van der Waals surface area (Å²) in [6, 6.07) is 3.60. The molecule has 0 bridgehead atoms. The number of amides is 5. The van der Waals surface area contributed by atoms with Gasteiger partial charge in [-0.15, -0.1) is 0 Å². The van der Waals surface area contributed by atoms with Crippen molar-refractivity contribution in [3.05, 3.63) is 29.3 Å². The van der Waals surface area contributed by atoms with Crippen molar-refractivity contribution in [2.45, 2.75) is 26.3 Å². The Morgan fingerprint density at radius 2 is 1.96 bits per heavy atom. The van der Waals surface area contributed by atoms with Crippen LogP contribution in [0.3, 0.4) is 0 Å². The van der Waals surface area contributed by atoms with Gasteiger partial charge in [0, 0.05) is 18.3 Å². The lowest BCUT2D eigenvalue weighted by atomic mass is 10.1. The second-order valence-electron chi connectivity index (χ2n) is 5.71. The molecule has 24 heavy (non-hydrogen) atoms. The Kier molecular flexibility index (Phi) is 5.30. The number of nitrogens with two attached hydrogens (primary N) is 1. The van der Waals surface area contributed by atoms with Crippen molar-refractivity contribution in [1.82, 2.24) is 9.80 Å². The monoisotopic (exact) mass is 332 g/mol. The third kappa shape index (κ3) is 3.28. The van der Waals surface area contributed by atoms with Gasteiger partial charge in [0.1, 0.15) is 0 Å². The normalized spacial score (nSPS) is 13.2. The maximum absolute atomic E-state index is 12.3. The van der Waals surface area contributed by atoms with Crippen LogP contribution >= 0.6 is 0 Å². The molecule has 1 aliphatic rings. The van der Waals surface area contributed by atoms with Gasteiger partial charge in [-0.1, -0.05) is 0 Å². The molecule has 0 aromatic heterocycles. The van der Waals surface area contributed by atoms with E-state index >= 15 is 0 Å². The summed E-state index contributed by atoms with van der Waals surface area (Å²) in [5.41, 5.74) is 6.25. The highest BCUT2D eigenvalue weighted by Gasteiger charge is 2.37. The number of rotatable bonds is 6. The zero-order valence-electron chi connectivity index (χ0n) is 13.6. The summed E-state index contributed by atoms with van der Waals surface area (Å²) in [7, 11) is 0. The van der Waals surface area contributed by atoms with Crippen molar-refractivity contribution in [2.24, 2.45) is 5.73 Å². The molecule has 1 aromatic rings. The van der Waals surface area contributed by atoms with Gasteiger partial charge >= 0.3 is 6.03 Å². The number of nitrogens with one attached hydrogen (secondary N) is 1. The Morgan fingerprint density at radius 1 is 1.29 bits per heavy atom. The van der Waals surface area contributed by atoms with E-state index in [-0.39, 0.29) is 24.1 Å². The molecule has 0 fully saturated rings. The summed E-state index contributed by atoms with van der Waals surface area (Å²) >= 11 is 0. The second kappa shape index (κ2) is 7.22. The summed E-state index contributed by atoms with van der Waals surface area (Å²) in [5, 5.41) is 2.54. The van der Waals surface area contributed by atoms with Crippen molar-refractivity contribution in [2.75, 3.05) is 18.4 Å². The van der Waals surface area contributed by atoms with Crippen molar-refractivity contribution in [1.29, 1.82) is 0 Å². The summed E-state index contributed by atoms with van der Waals surface area (Å²) in [5.74, 6) is -0.739. The van der Waals surface area contributed by atoms with Crippen LogP contribution in [0.2, 0.25) is 0 Å². The van der Waals surface area contributed by atoms with Gasteiger partial charge in [0.05, 0.1) is 11.1 Å². The highest BCUT2D eigenvalue weighted by Crippen LogP contribution is 2.27. The van der Waals surface area contributed by atoms with Gasteiger partial charge in [-0.2, -0.15) is 0 Å². The fourth-order valence-corrected chi connectivity index (χ4v) is 2.47. The molecule has 128 valence electrons. The molecule has 0 spiro atoms. The first-order valence-electron chi connectivity index (χ1n) is 7.65. The van der Waals surface area contributed by atoms with Gasteiger partial charge in [-0.05, 0) is 45.0 Å². The topological polar surface area (TPSA) is 113 Å². The largest absolute Gasteiger partial charge is 0.330 e. The van der Waals surface area contributed by atoms with E-state index in [4.69, 9.17) is 5.73 Å². The van der Waals surface area contributed by atoms with Crippen LogP contribution in [0.1, 0.15) is 41.0 Å². The first kappa shape index (κ1) is 17.6. The molecule has 3 N–H and O–H groups in total. The molecular formula is C16H20N4O4. The second-order valence-corrected chi connectivity index (χ2v) is 5.71. The molecule has 1 heterocycles. The first-order valence-corrected chi connectivity index (χ1v) is 7.65. The van der Waals surface area contributed by atoms with Crippen molar-refractivity contribution < 1.29 is 19.2 Å². The van der Waals surface area contributed by atoms with E-state index in [0.29, 0.717) is 30.6 Å². The van der Waals surface area contributed by atoms with Crippen molar-refractivity contribution in [3.63, 3.8) is 0 Å². The summed E-state index contributed by atoms with van der Waals surface area (Å²) in [4.78, 5) is 49.7. The van der Waals surface area contributed by atoms with Gasteiger partial charge in [0.15, 0.2) is 0 Å². The third-order valence-corrected chi connectivity index (χ3v) is 3.68. The highest BCUT2D eigenvalue weighted by molar-refractivity contribution is 6.22. The number of carbonyl (C=O) groups excluding carboxylic acids is 4. The maximum Gasteiger partial charge on any atom is 0.328 e. The SMILES string of the molecule is CC(C)N1C(=O)c2ccc(NC(=O)N(C=O)CCCN)cc2C1=O. The number of imide groups is 2. The Morgan fingerprint density at radius 3 is 2.54 bits per heavy atom. The van der Waals surface area contributed by atoms with E-state index in [1.165, 1.54) is 23.1 Å². The fraction of sp³-hybridized carbons (Fsp3) is 0.375. The quantitative estimate of drug-likeness (QED) is 0.597. The number of fused-ring (bicyclic) bond motifs is 1. The molecule has 0 unspecified atom stereocenters. The average Bonchev–Trinajstić information content (AvgIpc) is 2.79. The van der Waals surface area contributed by atoms with Gasteiger partial charge in [0.25, 0.3) is 11.8 Å². The molecule has 1 aromatic carbocycles. The molecule has 0 atom stereocenters. The zero-order chi connectivity index (χ0) is 17.9. The van der Waals surface area contributed by atoms with Gasteiger partial charge in [-0.3, -0.25) is 24.2 Å². The molecule has 0 saturated carbocycles. The number of hydrogen-bond acceptors (Lipinski definition) is 5. The predicted molar refractivity (Wildman–Crippen MR) is 87.5 cm³/mol. The summed E-state index contributed by atoms with van der Waals surface area (Å²) < 4.78 is 0. The lowest BCUT2D eigenvalue weighted by molar-refractivity contribution is -0.115. The molecule has 1 aliphatic heterocycles. The molecule has 0 radical (unpaired) electrons. The van der Waals surface area contributed by atoms with E-state index in [2.05, 4.69) is 5.32 Å². The lowest BCUT2D eigenvalue weighted by Crippen LogP contribution is -2.36. The van der Waals surface area contributed by atoms with Crippen LogP contribution < -0.4 is 11.1 Å².